The number of carbonyl (C=O) groups is 1. The van der Waals surface area contributed by atoms with Crippen molar-refractivity contribution in [3.8, 4) is 0 Å². The molecule has 1 atom stereocenters. The molecule has 1 saturated heterocycles. The minimum Gasteiger partial charge on any atom is -0.353 e. The third-order valence-electron chi connectivity index (χ3n) is 4.76. The molecule has 0 bridgehead atoms. The van der Waals surface area contributed by atoms with Crippen LogP contribution >= 0.6 is 0 Å². The summed E-state index contributed by atoms with van der Waals surface area (Å²) in [6.45, 7) is 10.4. The lowest BCUT2D eigenvalue weighted by Gasteiger charge is -2.45. The summed E-state index contributed by atoms with van der Waals surface area (Å²) in [6.07, 6.45) is 7.78. The summed E-state index contributed by atoms with van der Waals surface area (Å²) in [5.41, 5.74) is 0.672. The molecule has 2 aliphatic rings. The topological polar surface area (TPSA) is 41.1 Å². The third kappa shape index (κ3) is 4.76. The number of piperidine rings is 1. The van der Waals surface area contributed by atoms with Crippen LogP contribution in [0.3, 0.4) is 0 Å². The Balaban J connectivity index is 1.83. The normalized spacial score (nSPS) is 29.9. The van der Waals surface area contributed by atoms with E-state index >= 15 is 0 Å². The van der Waals surface area contributed by atoms with Crippen molar-refractivity contribution in [3.05, 3.63) is 0 Å². The molecule has 0 spiro atoms. The van der Waals surface area contributed by atoms with Crippen LogP contribution in [0.2, 0.25) is 0 Å². The second-order valence-electron chi connectivity index (χ2n) is 8.53. The molecule has 2 rings (SSSR count). The summed E-state index contributed by atoms with van der Waals surface area (Å²) in [6, 6.07) is 0.748. The van der Waals surface area contributed by atoms with Gasteiger partial charge in [-0.15, -0.1) is 0 Å². The molecule has 1 unspecified atom stereocenters. The lowest BCUT2D eigenvalue weighted by molar-refractivity contribution is -0.123. The molecule has 0 aromatic heterocycles. The van der Waals surface area contributed by atoms with E-state index in [1.54, 1.807) is 0 Å². The maximum absolute atomic E-state index is 12.3. The van der Waals surface area contributed by atoms with E-state index < -0.39 is 0 Å². The zero-order chi connectivity index (χ0) is 14.8. The second kappa shape index (κ2) is 6.05. The van der Waals surface area contributed by atoms with Gasteiger partial charge in [0.25, 0.3) is 0 Å². The lowest BCUT2D eigenvalue weighted by atomic mass is 9.63. The van der Waals surface area contributed by atoms with E-state index in [-0.39, 0.29) is 5.91 Å². The van der Waals surface area contributed by atoms with Gasteiger partial charge in [-0.25, -0.2) is 0 Å². The molecule has 116 valence electrons. The van der Waals surface area contributed by atoms with Gasteiger partial charge < -0.3 is 10.6 Å². The van der Waals surface area contributed by atoms with E-state index in [9.17, 15) is 4.79 Å². The first-order chi connectivity index (χ1) is 9.26. The fraction of sp³-hybridized carbons (Fsp3) is 0.941. The molecule has 1 heterocycles. The van der Waals surface area contributed by atoms with Crippen LogP contribution in [0.4, 0.5) is 0 Å². The third-order valence-corrected chi connectivity index (χ3v) is 4.76. The van der Waals surface area contributed by atoms with Crippen LogP contribution in [0, 0.1) is 10.8 Å². The fourth-order valence-electron chi connectivity index (χ4n) is 4.56. The van der Waals surface area contributed by atoms with Crippen molar-refractivity contribution in [2.45, 2.75) is 84.7 Å². The van der Waals surface area contributed by atoms with E-state index in [4.69, 9.17) is 0 Å². The molecule has 2 N–H and O–H groups in total. The van der Waals surface area contributed by atoms with Gasteiger partial charge in [0, 0.05) is 18.5 Å². The minimum atomic E-state index is 0.239. The second-order valence-corrected chi connectivity index (χ2v) is 8.53. The van der Waals surface area contributed by atoms with Gasteiger partial charge in [-0.3, -0.25) is 4.79 Å². The van der Waals surface area contributed by atoms with Gasteiger partial charge in [-0.1, -0.05) is 34.1 Å². The number of rotatable bonds is 3. The van der Waals surface area contributed by atoms with E-state index in [2.05, 4.69) is 38.3 Å². The van der Waals surface area contributed by atoms with Crippen LogP contribution < -0.4 is 10.6 Å². The van der Waals surface area contributed by atoms with Crippen LogP contribution in [0.15, 0.2) is 0 Å². The van der Waals surface area contributed by atoms with Gasteiger partial charge >= 0.3 is 0 Å². The van der Waals surface area contributed by atoms with Gasteiger partial charge in [0.15, 0.2) is 0 Å². The molecule has 0 radical (unpaired) electrons. The maximum Gasteiger partial charge on any atom is 0.221 e. The Morgan fingerprint density at radius 1 is 1.15 bits per heavy atom. The summed E-state index contributed by atoms with van der Waals surface area (Å²) in [5.74, 6) is 0.239. The van der Waals surface area contributed by atoms with Crippen LogP contribution in [0.1, 0.15) is 72.6 Å². The van der Waals surface area contributed by atoms with Crippen LogP contribution in [-0.2, 0) is 4.79 Å². The van der Waals surface area contributed by atoms with Gasteiger partial charge in [0.05, 0.1) is 0 Å². The lowest BCUT2D eigenvalue weighted by Crippen LogP contribution is -2.47. The van der Waals surface area contributed by atoms with E-state index in [1.807, 2.05) is 0 Å². The minimum absolute atomic E-state index is 0.239. The zero-order valence-electron chi connectivity index (χ0n) is 13.7. The number of hydrogen-bond acceptors (Lipinski definition) is 2. The Kier molecular flexibility index (Phi) is 4.78. The Morgan fingerprint density at radius 2 is 1.80 bits per heavy atom. The van der Waals surface area contributed by atoms with E-state index in [1.165, 1.54) is 19.3 Å². The average molecular weight is 280 g/mol. The smallest absolute Gasteiger partial charge is 0.221 e. The molecule has 1 amide bonds. The Morgan fingerprint density at radius 3 is 2.35 bits per heavy atom. The summed E-state index contributed by atoms with van der Waals surface area (Å²) >= 11 is 0. The molecule has 1 aliphatic heterocycles. The molecule has 3 nitrogen and oxygen atoms in total. The predicted molar refractivity (Wildman–Crippen MR) is 83.6 cm³/mol. The van der Waals surface area contributed by atoms with Crippen LogP contribution in [0.25, 0.3) is 0 Å². The van der Waals surface area contributed by atoms with Crippen molar-refractivity contribution in [3.63, 3.8) is 0 Å². The maximum atomic E-state index is 12.3. The number of amides is 1. The number of hydrogen-bond donors (Lipinski definition) is 2. The summed E-state index contributed by atoms with van der Waals surface area (Å²) in [4.78, 5) is 12.3. The molecule has 20 heavy (non-hydrogen) atoms. The molecular formula is C17H32N2O. The largest absolute Gasteiger partial charge is 0.353 e. The van der Waals surface area contributed by atoms with Crippen molar-refractivity contribution in [2.24, 2.45) is 10.8 Å². The number of nitrogens with one attached hydrogen (secondary N) is 2. The highest BCUT2D eigenvalue weighted by Crippen LogP contribution is 2.45. The Bertz CT molecular complexity index is 327. The van der Waals surface area contributed by atoms with Gasteiger partial charge in [0.1, 0.15) is 0 Å². The molecule has 2 fully saturated rings. The Hall–Kier alpha value is -0.570. The van der Waals surface area contributed by atoms with Gasteiger partial charge in [-0.05, 0) is 49.5 Å². The van der Waals surface area contributed by atoms with Gasteiger partial charge in [0.2, 0.25) is 5.91 Å². The first kappa shape index (κ1) is 15.8. The molecule has 1 saturated carbocycles. The van der Waals surface area contributed by atoms with E-state index in [0.29, 0.717) is 29.3 Å². The van der Waals surface area contributed by atoms with Crippen molar-refractivity contribution < 1.29 is 4.79 Å². The highest BCUT2D eigenvalue weighted by atomic mass is 16.1. The SMILES string of the molecule is CC1(C)CC(NC(=O)CC2CCCCN2)CC(C)(C)C1. The first-order valence-electron chi connectivity index (χ1n) is 8.29. The van der Waals surface area contributed by atoms with Gasteiger partial charge in [-0.2, -0.15) is 0 Å². The average Bonchev–Trinajstić information content (AvgIpc) is 2.25. The molecule has 0 aromatic carbocycles. The van der Waals surface area contributed by atoms with E-state index in [0.717, 1.165) is 25.8 Å². The predicted octanol–water partition coefficient (Wildman–Crippen LogP) is 3.24. The molecule has 1 aliphatic carbocycles. The standard InChI is InChI=1S/C17H32N2O/c1-16(2)10-14(11-17(3,4)12-16)19-15(20)9-13-7-5-6-8-18-13/h13-14,18H,5-12H2,1-4H3,(H,19,20). The number of carbonyl (C=O) groups excluding carboxylic acids is 1. The van der Waals surface area contributed by atoms with Crippen LogP contribution in [0.5, 0.6) is 0 Å². The monoisotopic (exact) mass is 280 g/mol. The molecule has 3 heteroatoms. The van der Waals surface area contributed by atoms with Crippen LogP contribution in [-0.4, -0.2) is 24.5 Å². The zero-order valence-corrected chi connectivity index (χ0v) is 13.7. The highest BCUT2D eigenvalue weighted by Gasteiger charge is 2.38. The molecule has 0 aromatic rings. The summed E-state index contributed by atoms with van der Waals surface area (Å²) < 4.78 is 0. The first-order valence-corrected chi connectivity index (χ1v) is 8.29. The van der Waals surface area contributed by atoms with Crippen molar-refractivity contribution in [1.29, 1.82) is 0 Å². The van der Waals surface area contributed by atoms with Crippen molar-refractivity contribution in [1.82, 2.24) is 10.6 Å². The summed E-state index contributed by atoms with van der Waals surface area (Å²) in [5, 5.41) is 6.76. The van der Waals surface area contributed by atoms with Crippen molar-refractivity contribution in [2.75, 3.05) is 6.54 Å². The Labute approximate surface area is 124 Å². The fourth-order valence-corrected chi connectivity index (χ4v) is 4.56. The highest BCUT2D eigenvalue weighted by molar-refractivity contribution is 5.76. The molecular weight excluding hydrogens is 248 g/mol. The summed E-state index contributed by atoms with van der Waals surface area (Å²) in [7, 11) is 0. The quantitative estimate of drug-likeness (QED) is 0.833. The van der Waals surface area contributed by atoms with Crippen molar-refractivity contribution >= 4 is 5.91 Å².